The average molecular weight is 559 g/mol. The molecule has 2 aromatic carbocycles. The molecule has 0 spiro atoms. The van der Waals surface area contributed by atoms with Gasteiger partial charge >= 0.3 is 0 Å². The minimum Gasteiger partial charge on any atom is -0.454 e. The van der Waals surface area contributed by atoms with Crippen molar-refractivity contribution in [2.75, 3.05) is 64.1 Å². The number of fused-ring (bicyclic) bond motifs is 1. The minimum atomic E-state index is -0.133. The van der Waals surface area contributed by atoms with Gasteiger partial charge in [-0.15, -0.1) is 0 Å². The van der Waals surface area contributed by atoms with Crippen molar-refractivity contribution in [3.8, 4) is 11.5 Å². The molecule has 10 nitrogen and oxygen atoms in total. The number of hydrogen-bond donors (Lipinski definition) is 1. The first-order chi connectivity index (χ1) is 20.1. The SMILES string of the molecule is O=C(CCc1ccccc1)N1CCCN(c2nc(CN3CCN(Cc4ccc5c(c4)OCO5)CC3)cc(=O)[nH]2)CC1. The van der Waals surface area contributed by atoms with E-state index in [9.17, 15) is 9.59 Å². The highest BCUT2D eigenvalue weighted by molar-refractivity contribution is 5.76. The first kappa shape index (κ1) is 27.3. The molecule has 4 heterocycles. The maximum absolute atomic E-state index is 12.9. The molecule has 10 heteroatoms. The number of benzene rings is 2. The van der Waals surface area contributed by atoms with Crippen LogP contribution in [0.4, 0.5) is 5.95 Å². The molecule has 0 radical (unpaired) electrons. The topological polar surface area (TPSA) is 94.2 Å². The monoisotopic (exact) mass is 558 g/mol. The number of amides is 1. The number of rotatable bonds is 8. The quantitative estimate of drug-likeness (QED) is 0.451. The number of ether oxygens (including phenoxy) is 2. The Balaban J connectivity index is 0.995. The molecule has 2 saturated heterocycles. The Kier molecular flexibility index (Phi) is 8.48. The molecule has 41 heavy (non-hydrogen) atoms. The van der Waals surface area contributed by atoms with E-state index in [4.69, 9.17) is 14.5 Å². The molecular weight excluding hydrogens is 520 g/mol. The highest BCUT2D eigenvalue weighted by Crippen LogP contribution is 2.32. The number of carbonyl (C=O) groups is 1. The number of carbonyl (C=O) groups excluding carboxylic acids is 1. The molecule has 2 fully saturated rings. The molecule has 0 saturated carbocycles. The molecule has 3 aromatic rings. The van der Waals surface area contributed by atoms with Gasteiger partial charge in [-0.05, 0) is 36.1 Å². The molecule has 216 valence electrons. The molecule has 0 unspecified atom stereocenters. The minimum absolute atomic E-state index is 0.133. The smallest absolute Gasteiger partial charge is 0.252 e. The molecule has 0 bridgehead atoms. The molecule has 1 aromatic heterocycles. The molecule has 6 rings (SSSR count). The van der Waals surface area contributed by atoms with Crippen LogP contribution < -0.4 is 19.9 Å². The van der Waals surface area contributed by atoms with Crippen LogP contribution in [0.15, 0.2) is 59.4 Å². The molecule has 0 aliphatic carbocycles. The number of aromatic amines is 1. The van der Waals surface area contributed by atoms with Gasteiger partial charge in [0.2, 0.25) is 18.6 Å². The van der Waals surface area contributed by atoms with Crippen LogP contribution in [0, 0.1) is 0 Å². The van der Waals surface area contributed by atoms with Crippen molar-refractivity contribution >= 4 is 11.9 Å². The summed E-state index contributed by atoms with van der Waals surface area (Å²) >= 11 is 0. The van der Waals surface area contributed by atoms with Gasteiger partial charge in [-0.3, -0.25) is 24.4 Å². The Morgan fingerprint density at radius 2 is 1.59 bits per heavy atom. The zero-order valence-corrected chi connectivity index (χ0v) is 23.5. The van der Waals surface area contributed by atoms with E-state index in [1.165, 1.54) is 11.1 Å². The molecule has 1 N–H and O–H groups in total. The average Bonchev–Trinajstić information content (AvgIpc) is 3.31. The molecule has 0 atom stereocenters. The van der Waals surface area contributed by atoms with E-state index in [0.717, 1.165) is 75.8 Å². The maximum atomic E-state index is 12.9. The summed E-state index contributed by atoms with van der Waals surface area (Å²) in [5, 5.41) is 0. The van der Waals surface area contributed by atoms with Crippen LogP contribution in [0.3, 0.4) is 0 Å². The van der Waals surface area contributed by atoms with Gasteiger partial charge in [0.25, 0.3) is 5.56 Å². The van der Waals surface area contributed by atoms with Crippen LogP contribution in [-0.4, -0.2) is 89.7 Å². The Bertz CT molecular complexity index is 1390. The van der Waals surface area contributed by atoms with Crippen molar-refractivity contribution in [2.24, 2.45) is 0 Å². The zero-order valence-electron chi connectivity index (χ0n) is 23.5. The number of nitrogens with zero attached hydrogens (tertiary/aromatic N) is 5. The van der Waals surface area contributed by atoms with Gasteiger partial charge in [0.1, 0.15) is 0 Å². The molecular formula is C31H38N6O4. The summed E-state index contributed by atoms with van der Waals surface area (Å²) in [5.41, 5.74) is 3.05. The van der Waals surface area contributed by atoms with E-state index < -0.39 is 0 Å². The standard InChI is InChI=1S/C31H38N6O4/c38-29-20-26(22-35-15-13-34(14-16-35)21-25-7-9-27-28(19-25)41-23-40-27)32-31(33-29)37-12-4-11-36(17-18-37)30(39)10-8-24-5-2-1-3-6-24/h1-3,5-7,9,19-20H,4,8,10-18,21-23H2,(H,32,33,38). The van der Waals surface area contributed by atoms with Crippen molar-refractivity contribution in [2.45, 2.75) is 32.4 Å². The first-order valence-corrected chi connectivity index (χ1v) is 14.6. The van der Waals surface area contributed by atoms with Crippen LogP contribution >= 0.6 is 0 Å². The Hall–Kier alpha value is -3.89. The van der Waals surface area contributed by atoms with E-state index in [1.54, 1.807) is 6.07 Å². The number of nitrogens with one attached hydrogen (secondary N) is 1. The Morgan fingerprint density at radius 3 is 2.41 bits per heavy atom. The fourth-order valence-corrected chi connectivity index (χ4v) is 5.79. The van der Waals surface area contributed by atoms with Crippen molar-refractivity contribution in [3.05, 3.63) is 81.8 Å². The number of aromatic nitrogens is 2. The third-order valence-corrected chi connectivity index (χ3v) is 8.09. The second-order valence-electron chi connectivity index (χ2n) is 11.0. The van der Waals surface area contributed by atoms with Crippen LogP contribution in [0.25, 0.3) is 0 Å². The third-order valence-electron chi connectivity index (χ3n) is 8.09. The van der Waals surface area contributed by atoms with E-state index >= 15 is 0 Å². The Labute approximate surface area is 240 Å². The van der Waals surface area contributed by atoms with Gasteiger partial charge in [-0.2, -0.15) is 0 Å². The van der Waals surface area contributed by atoms with E-state index in [1.807, 2.05) is 29.2 Å². The highest BCUT2D eigenvalue weighted by Gasteiger charge is 2.23. The van der Waals surface area contributed by atoms with Crippen LogP contribution in [0.1, 0.15) is 29.7 Å². The summed E-state index contributed by atoms with van der Waals surface area (Å²) in [4.78, 5) is 42.1. The van der Waals surface area contributed by atoms with E-state index in [0.29, 0.717) is 38.8 Å². The number of anilines is 1. The number of H-pyrrole nitrogens is 1. The molecule has 1 amide bonds. The van der Waals surface area contributed by atoms with E-state index in [2.05, 4.69) is 43.9 Å². The van der Waals surface area contributed by atoms with Crippen LogP contribution in [-0.2, 0) is 24.3 Å². The third kappa shape index (κ3) is 7.07. The van der Waals surface area contributed by atoms with Gasteiger partial charge in [0, 0.05) is 77.9 Å². The summed E-state index contributed by atoms with van der Waals surface area (Å²) in [6.45, 7) is 8.31. The van der Waals surface area contributed by atoms with E-state index in [-0.39, 0.29) is 11.5 Å². The van der Waals surface area contributed by atoms with Crippen molar-refractivity contribution < 1.29 is 14.3 Å². The van der Waals surface area contributed by atoms with Gasteiger partial charge in [0.15, 0.2) is 11.5 Å². The number of piperazine rings is 1. The van der Waals surface area contributed by atoms with Gasteiger partial charge in [-0.1, -0.05) is 36.4 Å². The summed E-state index contributed by atoms with van der Waals surface area (Å²) in [6.07, 6.45) is 2.11. The lowest BCUT2D eigenvalue weighted by molar-refractivity contribution is -0.130. The summed E-state index contributed by atoms with van der Waals surface area (Å²) < 4.78 is 10.9. The maximum Gasteiger partial charge on any atom is 0.252 e. The second kappa shape index (κ2) is 12.7. The predicted molar refractivity (Wildman–Crippen MR) is 156 cm³/mol. The number of hydrogen-bond acceptors (Lipinski definition) is 8. The van der Waals surface area contributed by atoms with Crippen LogP contribution in [0.5, 0.6) is 11.5 Å². The van der Waals surface area contributed by atoms with Crippen molar-refractivity contribution in [1.29, 1.82) is 0 Å². The predicted octanol–water partition coefficient (Wildman–Crippen LogP) is 2.49. The van der Waals surface area contributed by atoms with Gasteiger partial charge in [0.05, 0.1) is 5.69 Å². The van der Waals surface area contributed by atoms with Crippen molar-refractivity contribution in [3.63, 3.8) is 0 Å². The lowest BCUT2D eigenvalue weighted by Gasteiger charge is -2.34. The molecule has 3 aliphatic heterocycles. The summed E-state index contributed by atoms with van der Waals surface area (Å²) in [6, 6.07) is 17.9. The summed E-state index contributed by atoms with van der Waals surface area (Å²) in [7, 11) is 0. The normalized spacial score (nSPS) is 18.0. The fourth-order valence-electron chi connectivity index (χ4n) is 5.79. The fraction of sp³-hybridized carbons (Fsp3) is 0.452. The zero-order chi connectivity index (χ0) is 28.0. The number of aryl methyl sites for hydroxylation is 1. The molecule has 3 aliphatic rings. The lowest BCUT2D eigenvalue weighted by atomic mass is 10.1. The second-order valence-corrected chi connectivity index (χ2v) is 11.0. The largest absolute Gasteiger partial charge is 0.454 e. The lowest BCUT2D eigenvalue weighted by Crippen LogP contribution is -2.45. The summed E-state index contributed by atoms with van der Waals surface area (Å²) in [5.74, 6) is 2.42. The van der Waals surface area contributed by atoms with Gasteiger partial charge < -0.3 is 19.3 Å². The van der Waals surface area contributed by atoms with Crippen LogP contribution in [0.2, 0.25) is 0 Å². The highest BCUT2D eigenvalue weighted by atomic mass is 16.7. The first-order valence-electron chi connectivity index (χ1n) is 14.6. The van der Waals surface area contributed by atoms with Gasteiger partial charge in [-0.25, -0.2) is 4.98 Å². The van der Waals surface area contributed by atoms with Crippen molar-refractivity contribution in [1.82, 2.24) is 24.7 Å². The Morgan fingerprint density at radius 1 is 0.805 bits per heavy atom.